The van der Waals surface area contributed by atoms with Gasteiger partial charge in [0.15, 0.2) is 5.78 Å². The molecule has 88 valence electrons. The van der Waals surface area contributed by atoms with Gasteiger partial charge in [-0.25, -0.2) is 0 Å². The van der Waals surface area contributed by atoms with Crippen LogP contribution in [0.15, 0.2) is 16.6 Å². The zero-order valence-corrected chi connectivity index (χ0v) is 11.3. The first-order valence-electron chi connectivity index (χ1n) is 5.09. The second-order valence-corrected chi connectivity index (χ2v) is 4.13. The van der Waals surface area contributed by atoms with Crippen LogP contribution in [0.3, 0.4) is 0 Å². The zero-order chi connectivity index (χ0) is 12.1. The van der Waals surface area contributed by atoms with E-state index >= 15 is 0 Å². The zero-order valence-electron chi connectivity index (χ0n) is 9.67. The molecule has 0 atom stereocenters. The number of Topliss-reactive ketones (excluding diaryl/α,β-unsaturated/α-hetero) is 1. The fourth-order valence-corrected chi connectivity index (χ4v) is 2.15. The Balaban J connectivity index is 3.20. The number of halogens is 1. The number of carbonyl (C=O) groups is 1. The second kappa shape index (κ2) is 5.89. The van der Waals surface area contributed by atoms with Gasteiger partial charge in [-0.05, 0) is 34.5 Å². The number of ketones is 1. The summed E-state index contributed by atoms with van der Waals surface area (Å²) in [5.74, 6) is 1.28. The maximum Gasteiger partial charge on any atom is 0.166 e. The summed E-state index contributed by atoms with van der Waals surface area (Å²) in [5.41, 5.74) is 0.594. The third kappa shape index (κ3) is 2.55. The average molecular weight is 287 g/mol. The Morgan fingerprint density at radius 2 is 2.00 bits per heavy atom. The van der Waals surface area contributed by atoms with Crippen LogP contribution in [0.4, 0.5) is 0 Å². The van der Waals surface area contributed by atoms with Crippen molar-refractivity contribution in [1.82, 2.24) is 0 Å². The number of hydrogen-bond acceptors (Lipinski definition) is 3. The number of carbonyl (C=O) groups excluding carboxylic acids is 1. The van der Waals surface area contributed by atoms with Crippen molar-refractivity contribution >= 4 is 21.7 Å². The summed E-state index contributed by atoms with van der Waals surface area (Å²) in [4.78, 5) is 11.8. The van der Waals surface area contributed by atoms with E-state index in [1.54, 1.807) is 26.4 Å². The Kier molecular flexibility index (Phi) is 4.80. The number of ether oxygens (including phenoxy) is 2. The second-order valence-electron chi connectivity index (χ2n) is 3.34. The van der Waals surface area contributed by atoms with Gasteiger partial charge in [-0.3, -0.25) is 4.79 Å². The van der Waals surface area contributed by atoms with E-state index in [0.717, 1.165) is 6.42 Å². The number of methoxy groups -OCH3 is 2. The molecule has 0 N–H and O–H groups in total. The highest BCUT2D eigenvalue weighted by Crippen LogP contribution is 2.37. The first-order valence-corrected chi connectivity index (χ1v) is 5.88. The third-order valence-electron chi connectivity index (χ3n) is 2.26. The first-order chi connectivity index (χ1) is 7.65. The molecule has 0 amide bonds. The van der Waals surface area contributed by atoms with Crippen LogP contribution in [0.1, 0.15) is 30.1 Å². The molecule has 0 saturated heterocycles. The maximum absolute atomic E-state index is 11.8. The summed E-state index contributed by atoms with van der Waals surface area (Å²) in [7, 11) is 3.12. The molecule has 4 heteroatoms. The van der Waals surface area contributed by atoms with E-state index in [1.807, 2.05) is 6.92 Å². The SMILES string of the molecule is CCCC(=O)c1ccc(OC)c(Br)c1OC. The van der Waals surface area contributed by atoms with Gasteiger partial charge in [0, 0.05) is 6.42 Å². The summed E-state index contributed by atoms with van der Waals surface area (Å²) in [6.07, 6.45) is 1.35. The van der Waals surface area contributed by atoms with Gasteiger partial charge in [-0.2, -0.15) is 0 Å². The Labute approximate surface area is 104 Å². The molecule has 0 aliphatic carbocycles. The molecule has 1 aromatic rings. The molecule has 0 aromatic heterocycles. The van der Waals surface area contributed by atoms with E-state index in [4.69, 9.17) is 9.47 Å². The van der Waals surface area contributed by atoms with E-state index < -0.39 is 0 Å². The molecule has 1 aromatic carbocycles. The lowest BCUT2D eigenvalue weighted by Gasteiger charge is -2.12. The molecule has 0 spiro atoms. The van der Waals surface area contributed by atoms with Crippen molar-refractivity contribution < 1.29 is 14.3 Å². The number of benzene rings is 1. The predicted octanol–water partition coefficient (Wildman–Crippen LogP) is 3.45. The molecule has 3 nitrogen and oxygen atoms in total. The molecule has 0 bridgehead atoms. The van der Waals surface area contributed by atoms with Gasteiger partial charge in [0.2, 0.25) is 0 Å². The normalized spacial score (nSPS) is 10.0. The molecule has 0 unspecified atom stereocenters. The highest BCUT2D eigenvalue weighted by atomic mass is 79.9. The summed E-state index contributed by atoms with van der Waals surface area (Å²) < 4.78 is 11.1. The van der Waals surface area contributed by atoms with Crippen LogP contribution >= 0.6 is 15.9 Å². The Morgan fingerprint density at radius 1 is 1.31 bits per heavy atom. The van der Waals surface area contributed by atoms with E-state index in [-0.39, 0.29) is 5.78 Å². The molecule has 0 saturated carbocycles. The van der Waals surface area contributed by atoms with Crippen molar-refractivity contribution in [1.29, 1.82) is 0 Å². The largest absolute Gasteiger partial charge is 0.495 e. The lowest BCUT2D eigenvalue weighted by Crippen LogP contribution is -2.03. The topological polar surface area (TPSA) is 35.5 Å². The van der Waals surface area contributed by atoms with E-state index in [2.05, 4.69) is 15.9 Å². The lowest BCUT2D eigenvalue weighted by molar-refractivity contribution is 0.0978. The number of hydrogen-bond donors (Lipinski definition) is 0. The van der Waals surface area contributed by atoms with E-state index in [9.17, 15) is 4.79 Å². The van der Waals surface area contributed by atoms with Gasteiger partial charge in [-0.15, -0.1) is 0 Å². The average Bonchev–Trinajstić information content (AvgIpc) is 2.28. The summed E-state index contributed by atoms with van der Waals surface area (Å²) >= 11 is 3.37. The predicted molar refractivity (Wildman–Crippen MR) is 66.5 cm³/mol. The molecular weight excluding hydrogens is 272 g/mol. The Hall–Kier alpha value is -1.03. The van der Waals surface area contributed by atoms with Gasteiger partial charge in [0.1, 0.15) is 16.0 Å². The lowest BCUT2D eigenvalue weighted by atomic mass is 10.1. The summed E-state index contributed by atoms with van der Waals surface area (Å²) in [6.45, 7) is 1.98. The highest BCUT2D eigenvalue weighted by molar-refractivity contribution is 9.10. The van der Waals surface area contributed by atoms with Gasteiger partial charge in [0.05, 0.1) is 19.8 Å². The Bertz CT molecular complexity index is 388. The molecular formula is C12H15BrO3. The van der Waals surface area contributed by atoms with Crippen LogP contribution in [-0.4, -0.2) is 20.0 Å². The van der Waals surface area contributed by atoms with Crippen molar-refractivity contribution in [3.63, 3.8) is 0 Å². The van der Waals surface area contributed by atoms with Crippen LogP contribution in [0.25, 0.3) is 0 Å². The van der Waals surface area contributed by atoms with Crippen LogP contribution in [0.5, 0.6) is 11.5 Å². The van der Waals surface area contributed by atoms with Gasteiger partial charge < -0.3 is 9.47 Å². The van der Waals surface area contributed by atoms with Crippen LogP contribution in [0.2, 0.25) is 0 Å². The quantitative estimate of drug-likeness (QED) is 0.778. The van der Waals surface area contributed by atoms with Crippen LogP contribution in [-0.2, 0) is 0 Å². The van der Waals surface area contributed by atoms with Crippen molar-refractivity contribution in [2.45, 2.75) is 19.8 Å². The summed E-state index contributed by atoms with van der Waals surface area (Å²) in [6, 6.07) is 3.50. The van der Waals surface area contributed by atoms with E-state index in [0.29, 0.717) is 28.0 Å². The summed E-state index contributed by atoms with van der Waals surface area (Å²) in [5, 5.41) is 0. The maximum atomic E-state index is 11.8. The molecule has 0 radical (unpaired) electrons. The molecule has 0 aliphatic heterocycles. The molecule has 16 heavy (non-hydrogen) atoms. The molecule has 1 rings (SSSR count). The van der Waals surface area contributed by atoms with Crippen molar-refractivity contribution in [2.75, 3.05) is 14.2 Å². The van der Waals surface area contributed by atoms with Gasteiger partial charge in [0.25, 0.3) is 0 Å². The number of rotatable bonds is 5. The van der Waals surface area contributed by atoms with Gasteiger partial charge in [-0.1, -0.05) is 6.92 Å². The minimum Gasteiger partial charge on any atom is -0.495 e. The van der Waals surface area contributed by atoms with Gasteiger partial charge >= 0.3 is 0 Å². The third-order valence-corrected chi connectivity index (χ3v) is 3.01. The first kappa shape index (κ1) is 13.0. The fraction of sp³-hybridized carbons (Fsp3) is 0.417. The monoisotopic (exact) mass is 286 g/mol. The van der Waals surface area contributed by atoms with Crippen molar-refractivity contribution in [3.8, 4) is 11.5 Å². The van der Waals surface area contributed by atoms with Crippen molar-refractivity contribution in [2.24, 2.45) is 0 Å². The minimum absolute atomic E-state index is 0.0858. The molecule has 0 heterocycles. The van der Waals surface area contributed by atoms with E-state index in [1.165, 1.54) is 0 Å². The minimum atomic E-state index is 0.0858. The molecule has 0 fully saturated rings. The standard InChI is InChI=1S/C12H15BrO3/c1-4-5-9(14)8-6-7-10(15-2)11(13)12(8)16-3/h6-7H,4-5H2,1-3H3. The smallest absolute Gasteiger partial charge is 0.166 e. The fourth-order valence-electron chi connectivity index (χ4n) is 1.48. The Morgan fingerprint density at radius 3 is 2.50 bits per heavy atom. The highest BCUT2D eigenvalue weighted by Gasteiger charge is 2.17. The molecule has 0 aliphatic rings. The van der Waals surface area contributed by atoms with Crippen LogP contribution < -0.4 is 9.47 Å². The van der Waals surface area contributed by atoms with Crippen LogP contribution in [0, 0.1) is 0 Å². The van der Waals surface area contributed by atoms with Crippen molar-refractivity contribution in [3.05, 3.63) is 22.2 Å².